The molecule has 1 fully saturated rings. The van der Waals surface area contributed by atoms with Crippen molar-refractivity contribution in [3.63, 3.8) is 0 Å². The predicted molar refractivity (Wildman–Crippen MR) is 141 cm³/mol. The van der Waals surface area contributed by atoms with Crippen LogP contribution >= 0.6 is 0 Å². The summed E-state index contributed by atoms with van der Waals surface area (Å²) in [6, 6.07) is 15.9. The van der Waals surface area contributed by atoms with Crippen molar-refractivity contribution in [2.75, 3.05) is 43.1 Å². The predicted octanol–water partition coefficient (Wildman–Crippen LogP) is 4.33. The Morgan fingerprint density at radius 3 is 2.67 bits per heavy atom. The maximum atomic E-state index is 12.7. The van der Waals surface area contributed by atoms with E-state index in [4.69, 9.17) is 14.5 Å². The Kier molecular flexibility index (Phi) is 7.73. The average molecular weight is 488 g/mol. The van der Waals surface area contributed by atoms with Crippen LogP contribution < -0.4 is 20.3 Å². The van der Waals surface area contributed by atoms with Crippen LogP contribution in [0.1, 0.15) is 31.7 Å². The third-order valence-electron chi connectivity index (χ3n) is 6.66. The molecule has 4 heterocycles. The van der Waals surface area contributed by atoms with Gasteiger partial charge in [0.1, 0.15) is 11.5 Å². The molecule has 8 nitrogen and oxygen atoms in total. The molecule has 3 aliphatic rings. The van der Waals surface area contributed by atoms with Crippen LogP contribution in [0.4, 0.5) is 17.3 Å². The zero-order valence-corrected chi connectivity index (χ0v) is 20.7. The second-order valence-corrected chi connectivity index (χ2v) is 9.23. The Morgan fingerprint density at radius 2 is 1.83 bits per heavy atom. The highest BCUT2D eigenvalue weighted by molar-refractivity contribution is 5.83. The fraction of sp³-hybridized carbons (Fsp3) is 0.393. The van der Waals surface area contributed by atoms with Crippen molar-refractivity contribution in [3.05, 3.63) is 60.3 Å². The van der Waals surface area contributed by atoms with E-state index in [1.165, 1.54) is 0 Å². The highest BCUT2D eigenvalue weighted by atomic mass is 16.5. The second kappa shape index (κ2) is 11.5. The zero-order valence-electron chi connectivity index (χ0n) is 20.7. The van der Waals surface area contributed by atoms with E-state index >= 15 is 0 Å². The third kappa shape index (κ3) is 6.01. The van der Waals surface area contributed by atoms with E-state index in [1.807, 2.05) is 37.3 Å². The average Bonchev–Trinajstić information content (AvgIpc) is 2.92. The number of carbonyl (C=O) groups excluding carboxylic acids is 1. The van der Waals surface area contributed by atoms with Gasteiger partial charge in [-0.1, -0.05) is 0 Å². The van der Waals surface area contributed by atoms with Gasteiger partial charge < -0.3 is 25.0 Å². The van der Waals surface area contributed by atoms with Crippen molar-refractivity contribution in [1.82, 2.24) is 15.3 Å². The first-order valence-corrected chi connectivity index (χ1v) is 12.7. The van der Waals surface area contributed by atoms with E-state index in [0.29, 0.717) is 38.7 Å². The first-order chi connectivity index (χ1) is 17.7. The molecule has 0 spiro atoms. The molecule has 0 amide bonds. The molecule has 0 saturated carbocycles. The van der Waals surface area contributed by atoms with Crippen LogP contribution in [0.15, 0.2) is 54.7 Å². The van der Waals surface area contributed by atoms with Crippen molar-refractivity contribution in [3.8, 4) is 17.0 Å². The molecule has 0 unspecified atom stereocenters. The van der Waals surface area contributed by atoms with Gasteiger partial charge in [0.05, 0.1) is 31.6 Å². The Balaban J connectivity index is 1.45. The van der Waals surface area contributed by atoms with Gasteiger partial charge >= 0.3 is 0 Å². The number of nitrogens with zero attached hydrogens (tertiary/aromatic N) is 3. The zero-order chi connectivity index (χ0) is 24.7. The topological polar surface area (TPSA) is 88.6 Å². The van der Waals surface area contributed by atoms with Gasteiger partial charge in [0, 0.05) is 49.2 Å². The van der Waals surface area contributed by atoms with Crippen LogP contribution in [0.5, 0.6) is 5.75 Å². The number of hydrogen-bond donors (Lipinski definition) is 2. The molecule has 8 heteroatoms. The standard InChI is InChI=1S/C28H33N5O3/c1-20-27(34)4-2-3-15-36-24-8-5-21(6-9-24)25-11-12-29-28(32-25)31-23-7-10-26(22(18-23)19-30-20)33-13-16-35-17-14-33/h5-12,18,20,30H,2-4,13-17,19H2,1H3,(H,29,31,32)/t20-/m1/s1. The summed E-state index contributed by atoms with van der Waals surface area (Å²) >= 11 is 0. The number of benzene rings is 2. The summed E-state index contributed by atoms with van der Waals surface area (Å²) in [6.07, 6.45) is 3.95. The van der Waals surface area contributed by atoms with Gasteiger partial charge in [-0.25, -0.2) is 9.97 Å². The number of carbonyl (C=O) groups is 1. The molecule has 6 rings (SSSR count). The van der Waals surface area contributed by atoms with Crippen LogP contribution in [-0.2, 0) is 16.1 Å². The van der Waals surface area contributed by atoms with Gasteiger partial charge in [-0.15, -0.1) is 0 Å². The molecule has 3 aromatic rings. The summed E-state index contributed by atoms with van der Waals surface area (Å²) in [4.78, 5) is 24.2. The number of fused-ring (bicyclic) bond motifs is 10. The maximum absolute atomic E-state index is 12.7. The van der Waals surface area contributed by atoms with Crippen molar-refractivity contribution in [2.24, 2.45) is 0 Å². The molecule has 0 aliphatic carbocycles. The first kappa shape index (κ1) is 24.2. The maximum Gasteiger partial charge on any atom is 0.227 e. The van der Waals surface area contributed by atoms with Gasteiger partial charge in [0.15, 0.2) is 0 Å². The van der Waals surface area contributed by atoms with Gasteiger partial charge in [0.25, 0.3) is 0 Å². The minimum absolute atomic E-state index is 0.223. The van der Waals surface area contributed by atoms with Crippen LogP contribution in [0, 0.1) is 0 Å². The molecule has 1 aromatic heterocycles. The Morgan fingerprint density at radius 1 is 1.00 bits per heavy atom. The molecular weight excluding hydrogens is 454 g/mol. The number of ketones is 1. The number of hydrogen-bond acceptors (Lipinski definition) is 8. The number of aromatic nitrogens is 2. The molecule has 1 atom stereocenters. The first-order valence-electron chi connectivity index (χ1n) is 12.7. The van der Waals surface area contributed by atoms with Crippen molar-refractivity contribution in [2.45, 2.75) is 38.8 Å². The summed E-state index contributed by atoms with van der Waals surface area (Å²) in [5, 5.41) is 6.81. The third-order valence-corrected chi connectivity index (χ3v) is 6.66. The number of rotatable bonds is 1. The summed E-state index contributed by atoms with van der Waals surface area (Å²) in [7, 11) is 0. The highest BCUT2D eigenvalue weighted by Crippen LogP contribution is 2.28. The van der Waals surface area contributed by atoms with E-state index in [-0.39, 0.29) is 11.8 Å². The van der Waals surface area contributed by atoms with E-state index < -0.39 is 0 Å². The fourth-order valence-electron chi connectivity index (χ4n) is 4.53. The molecule has 3 aliphatic heterocycles. The number of morpholine rings is 1. The summed E-state index contributed by atoms with van der Waals surface area (Å²) in [6.45, 7) is 6.25. The molecule has 0 radical (unpaired) electrons. The number of anilines is 3. The Labute approximate surface area is 212 Å². The molecule has 188 valence electrons. The van der Waals surface area contributed by atoms with E-state index in [9.17, 15) is 4.79 Å². The van der Waals surface area contributed by atoms with Crippen LogP contribution in [-0.4, -0.2) is 54.7 Å². The molecular formula is C28H33N5O3. The number of nitrogens with one attached hydrogen (secondary N) is 2. The van der Waals surface area contributed by atoms with Crippen molar-refractivity contribution in [1.29, 1.82) is 0 Å². The van der Waals surface area contributed by atoms with Gasteiger partial charge in [-0.3, -0.25) is 4.79 Å². The fourth-order valence-corrected chi connectivity index (χ4v) is 4.53. The van der Waals surface area contributed by atoms with Crippen LogP contribution in [0.25, 0.3) is 11.3 Å². The minimum atomic E-state index is -0.224. The largest absolute Gasteiger partial charge is 0.494 e. The van der Waals surface area contributed by atoms with Crippen molar-refractivity contribution < 1.29 is 14.3 Å². The smallest absolute Gasteiger partial charge is 0.227 e. The van der Waals surface area contributed by atoms with Crippen LogP contribution in [0.3, 0.4) is 0 Å². The van der Waals surface area contributed by atoms with E-state index in [0.717, 1.165) is 59.9 Å². The molecule has 1 saturated heterocycles. The van der Waals surface area contributed by atoms with E-state index in [2.05, 4.69) is 38.7 Å². The van der Waals surface area contributed by atoms with Crippen molar-refractivity contribution >= 4 is 23.1 Å². The SMILES string of the molecule is C[C@H]1NCc2cc(ccc2N2CCOCC2)Nc2nccc(n2)-c2ccc(cc2)OCCCCC1=O. The van der Waals surface area contributed by atoms with E-state index in [1.54, 1.807) is 6.20 Å². The highest BCUT2D eigenvalue weighted by Gasteiger charge is 2.18. The van der Waals surface area contributed by atoms with Gasteiger partial charge in [0.2, 0.25) is 5.95 Å². The lowest BCUT2D eigenvalue weighted by molar-refractivity contribution is -0.120. The summed E-state index contributed by atoms with van der Waals surface area (Å²) in [5.41, 5.74) is 5.01. The van der Waals surface area contributed by atoms with Gasteiger partial charge in [-0.05, 0) is 73.9 Å². The minimum Gasteiger partial charge on any atom is -0.494 e. The number of Topliss-reactive ketones (excluding diaryl/α,β-unsaturated/α-hetero) is 1. The number of ether oxygens (including phenoxy) is 2. The Bertz CT molecular complexity index is 1180. The quantitative estimate of drug-likeness (QED) is 0.524. The molecule has 2 N–H and O–H groups in total. The lowest BCUT2D eigenvalue weighted by Crippen LogP contribution is -2.38. The molecule has 2 aromatic carbocycles. The second-order valence-electron chi connectivity index (χ2n) is 9.23. The lowest BCUT2D eigenvalue weighted by atomic mass is 10.1. The normalized spacial score (nSPS) is 19.3. The molecule has 36 heavy (non-hydrogen) atoms. The monoisotopic (exact) mass is 487 g/mol. The Hall–Kier alpha value is -3.49. The molecule has 6 bridgehead atoms. The summed E-state index contributed by atoms with van der Waals surface area (Å²) < 4.78 is 11.4. The van der Waals surface area contributed by atoms with Gasteiger partial charge in [-0.2, -0.15) is 0 Å². The lowest BCUT2D eigenvalue weighted by Gasteiger charge is -2.31. The summed E-state index contributed by atoms with van der Waals surface area (Å²) in [5.74, 6) is 1.57. The van der Waals surface area contributed by atoms with Crippen LogP contribution in [0.2, 0.25) is 0 Å².